The maximum Gasteiger partial charge on any atom is 0.0264 e. The molecule has 0 aromatic carbocycles. The molecule has 4 aliphatic rings. The summed E-state index contributed by atoms with van der Waals surface area (Å²) in [6, 6.07) is 2.70. The Morgan fingerprint density at radius 3 is 2.39 bits per heavy atom. The summed E-state index contributed by atoms with van der Waals surface area (Å²) in [6.45, 7) is 8.18. The van der Waals surface area contributed by atoms with Crippen molar-refractivity contribution in [1.82, 2.24) is 14.7 Å². The van der Waals surface area contributed by atoms with Crippen LogP contribution >= 0.6 is 0 Å². The number of fused-ring (bicyclic) bond motifs is 2. The van der Waals surface area contributed by atoms with Gasteiger partial charge in [-0.05, 0) is 45.2 Å². The second kappa shape index (κ2) is 4.77. The molecule has 4 rings (SSSR count). The lowest BCUT2D eigenvalue weighted by molar-refractivity contribution is 0.0475. The molecule has 0 bridgehead atoms. The molecule has 0 amide bonds. The molecule has 0 aromatic heterocycles. The lowest BCUT2D eigenvalue weighted by atomic mass is 9.96. The van der Waals surface area contributed by atoms with E-state index in [1.54, 1.807) is 0 Å². The Morgan fingerprint density at radius 1 is 0.556 bits per heavy atom. The van der Waals surface area contributed by atoms with E-state index in [-0.39, 0.29) is 0 Å². The van der Waals surface area contributed by atoms with Gasteiger partial charge in [-0.1, -0.05) is 6.42 Å². The van der Waals surface area contributed by atoms with E-state index in [1.165, 1.54) is 77.8 Å². The van der Waals surface area contributed by atoms with Crippen LogP contribution in [0.3, 0.4) is 0 Å². The lowest BCUT2D eigenvalue weighted by Gasteiger charge is -2.44. The summed E-state index contributed by atoms with van der Waals surface area (Å²) < 4.78 is 0. The smallest absolute Gasteiger partial charge is 0.0264 e. The molecule has 4 saturated heterocycles. The van der Waals surface area contributed by atoms with Crippen LogP contribution in [0, 0.1) is 0 Å². The molecule has 0 aromatic rings. The molecule has 0 radical (unpaired) electrons. The quantitative estimate of drug-likeness (QED) is 0.695. The van der Waals surface area contributed by atoms with Crippen LogP contribution in [0.25, 0.3) is 0 Å². The van der Waals surface area contributed by atoms with Crippen molar-refractivity contribution in [3.63, 3.8) is 0 Å². The second-order valence-electron chi connectivity index (χ2n) is 6.78. The zero-order valence-electron chi connectivity index (χ0n) is 11.6. The Hall–Kier alpha value is -0.120. The molecule has 0 N–H and O–H groups in total. The van der Waals surface area contributed by atoms with E-state index in [4.69, 9.17) is 0 Å². The molecule has 0 aliphatic carbocycles. The van der Waals surface area contributed by atoms with Crippen LogP contribution < -0.4 is 0 Å². The SMILES string of the molecule is C1CCN2CCC(N3CCN4CCCC4C3)C2C1. The maximum absolute atomic E-state index is 2.86. The van der Waals surface area contributed by atoms with Gasteiger partial charge in [0.1, 0.15) is 0 Å². The van der Waals surface area contributed by atoms with Crippen molar-refractivity contribution >= 4 is 0 Å². The predicted octanol–water partition coefficient (Wildman–Crippen LogP) is 1.39. The van der Waals surface area contributed by atoms with Gasteiger partial charge in [-0.3, -0.25) is 14.7 Å². The van der Waals surface area contributed by atoms with E-state index >= 15 is 0 Å². The van der Waals surface area contributed by atoms with Gasteiger partial charge in [0, 0.05) is 44.3 Å². The van der Waals surface area contributed by atoms with Crippen molar-refractivity contribution in [2.45, 2.75) is 56.7 Å². The van der Waals surface area contributed by atoms with Crippen LogP contribution in [-0.2, 0) is 0 Å². The third kappa shape index (κ3) is 1.91. The van der Waals surface area contributed by atoms with Gasteiger partial charge in [0.15, 0.2) is 0 Å². The van der Waals surface area contributed by atoms with Gasteiger partial charge in [-0.15, -0.1) is 0 Å². The molecule has 3 heteroatoms. The van der Waals surface area contributed by atoms with Crippen molar-refractivity contribution < 1.29 is 0 Å². The zero-order valence-corrected chi connectivity index (χ0v) is 11.6. The standard InChI is InChI=1S/C15H27N3/c1-2-7-17-9-6-15(14(17)5-1)18-11-10-16-8-3-4-13(16)12-18/h13-15H,1-12H2. The first-order chi connectivity index (χ1) is 8.92. The van der Waals surface area contributed by atoms with Gasteiger partial charge in [0.2, 0.25) is 0 Å². The molecule has 3 unspecified atom stereocenters. The Kier molecular flexibility index (Phi) is 3.10. The third-order valence-electron chi connectivity index (χ3n) is 5.91. The summed E-state index contributed by atoms with van der Waals surface area (Å²) in [6.07, 6.45) is 8.73. The molecule has 0 saturated carbocycles. The Labute approximate surface area is 111 Å². The van der Waals surface area contributed by atoms with Crippen molar-refractivity contribution in [2.75, 3.05) is 39.3 Å². The first-order valence-corrected chi connectivity index (χ1v) is 8.14. The molecule has 102 valence electrons. The maximum atomic E-state index is 2.86. The number of nitrogens with zero attached hydrogens (tertiary/aromatic N) is 3. The monoisotopic (exact) mass is 249 g/mol. The van der Waals surface area contributed by atoms with Crippen LogP contribution in [0.1, 0.15) is 38.5 Å². The average Bonchev–Trinajstić information content (AvgIpc) is 3.04. The van der Waals surface area contributed by atoms with Crippen LogP contribution in [-0.4, -0.2) is 72.1 Å². The number of piperidine rings is 1. The highest BCUT2D eigenvalue weighted by molar-refractivity contribution is 4.98. The largest absolute Gasteiger partial charge is 0.299 e. The molecule has 4 fully saturated rings. The van der Waals surface area contributed by atoms with E-state index in [2.05, 4.69) is 14.7 Å². The molecule has 0 spiro atoms. The van der Waals surface area contributed by atoms with E-state index in [1.807, 2.05) is 0 Å². The molecule has 4 aliphatic heterocycles. The fraction of sp³-hybridized carbons (Fsp3) is 1.00. The number of hydrogen-bond donors (Lipinski definition) is 0. The predicted molar refractivity (Wildman–Crippen MR) is 73.8 cm³/mol. The second-order valence-corrected chi connectivity index (χ2v) is 6.78. The Morgan fingerprint density at radius 2 is 1.39 bits per heavy atom. The van der Waals surface area contributed by atoms with E-state index in [0.29, 0.717) is 0 Å². The summed E-state index contributed by atoms with van der Waals surface area (Å²) in [4.78, 5) is 8.39. The number of hydrogen-bond acceptors (Lipinski definition) is 3. The van der Waals surface area contributed by atoms with Crippen molar-refractivity contribution in [2.24, 2.45) is 0 Å². The molecular formula is C15H27N3. The van der Waals surface area contributed by atoms with Gasteiger partial charge in [-0.2, -0.15) is 0 Å². The summed E-state index contributed by atoms with van der Waals surface area (Å²) in [5.41, 5.74) is 0. The first kappa shape index (κ1) is 11.7. The Balaban J connectivity index is 1.44. The van der Waals surface area contributed by atoms with Gasteiger partial charge in [0.05, 0.1) is 0 Å². The highest BCUT2D eigenvalue weighted by atomic mass is 15.3. The van der Waals surface area contributed by atoms with E-state index in [0.717, 1.165) is 18.1 Å². The summed E-state index contributed by atoms with van der Waals surface area (Å²) >= 11 is 0. The minimum Gasteiger partial charge on any atom is -0.299 e. The van der Waals surface area contributed by atoms with Gasteiger partial charge in [-0.25, -0.2) is 0 Å². The average molecular weight is 249 g/mol. The van der Waals surface area contributed by atoms with Crippen molar-refractivity contribution in [3.05, 3.63) is 0 Å². The Bertz CT molecular complexity index is 306. The summed E-state index contributed by atoms with van der Waals surface area (Å²) in [5.74, 6) is 0. The highest BCUT2D eigenvalue weighted by Gasteiger charge is 2.41. The highest BCUT2D eigenvalue weighted by Crippen LogP contribution is 2.32. The van der Waals surface area contributed by atoms with Crippen LogP contribution in [0.15, 0.2) is 0 Å². The van der Waals surface area contributed by atoms with Gasteiger partial charge >= 0.3 is 0 Å². The van der Waals surface area contributed by atoms with E-state index in [9.17, 15) is 0 Å². The van der Waals surface area contributed by atoms with Crippen LogP contribution in [0.2, 0.25) is 0 Å². The molecule has 3 nitrogen and oxygen atoms in total. The third-order valence-corrected chi connectivity index (χ3v) is 5.91. The summed E-state index contributed by atoms with van der Waals surface area (Å²) in [5, 5.41) is 0. The zero-order chi connectivity index (χ0) is 11.9. The van der Waals surface area contributed by atoms with Crippen LogP contribution in [0.4, 0.5) is 0 Å². The van der Waals surface area contributed by atoms with Crippen molar-refractivity contribution in [1.29, 1.82) is 0 Å². The van der Waals surface area contributed by atoms with Crippen LogP contribution in [0.5, 0.6) is 0 Å². The fourth-order valence-electron chi connectivity index (χ4n) is 4.96. The number of piperazine rings is 1. The number of rotatable bonds is 1. The first-order valence-electron chi connectivity index (χ1n) is 8.14. The minimum absolute atomic E-state index is 0.896. The molecule has 4 heterocycles. The molecule has 18 heavy (non-hydrogen) atoms. The minimum atomic E-state index is 0.896. The summed E-state index contributed by atoms with van der Waals surface area (Å²) in [7, 11) is 0. The lowest BCUT2D eigenvalue weighted by Crippen LogP contribution is -2.56. The molecule has 3 atom stereocenters. The molecular weight excluding hydrogens is 222 g/mol. The topological polar surface area (TPSA) is 9.72 Å². The normalized spacial score (nSPS) is 43.0. The fourth-order valence-corrected chi connectivity index (χ4v) is 4.96. The van der Waals surface area contributed by atoms with Gasteiger partial charge < -0.3 is 0 Å². The van der Waals surface area contributed by atoms with Crippen molar-refractivity contribution in [3.8, 4) is 0 Å². The van der Waals surface area contributed by atoms with E-state index < -0.39 is 0 Å². The van der Waals surface area contributed by atoms with Gasteiger partial charge in [0.25, 0.3) is 0 Å².